The van der Waals surface area contributed by atoms with Gasteiger partial charge in [-0.3, -0.25) is 4.90 Å². The highest BCUT2D eigenvalue weighted by atomic mass is 16.5. The monoisotopic (exact) mass is 245 g/mol. The summed E-state index contributed by atoms with van der Waals surface area (Å²) in [5, 5.41) is 0. The van der Waals surface area contributed by atoms with Crippen molar-refractivity contribution in [2.45, 2.75) is 6.42 Å². The van der Waals surface area contributed by atoms with E-state index in [2.05, 4.69) is 14.8 Å². The van der Waals surface area contributed by atoms with E-state index < -0.39 is 0 Å². The van der Waals surface area contributed by atoms with Crippen molar-refractivity contribution in [2.75, 3.05) is 51.3 Å². The second-order valence-corrected chi connectivity index (χ2v) is 4.62. The van der Waals surface area contributed by atoms with Crippen molar-refractivity contribution in [2.24, 2.45) is 0 Å². The lowest BCUT2D eigenvalue weighted by atomic mass is 9.99. The molecule has 0 aromatic carbocycles. The number of pyridine rings is 1. The van der Waals surface area contributed by atoms with E-state index in [0.717, 1.165) is 57.0 Å². The van der Waals surface area contributed by atoms with E-state index in [4.69, 9.17) is 12.6 Å². The average molecular weight is 245 g/mol. The summed E-state index contributed by atoms with van der Waals surface area (Å²) in [5.74, 6) is 1.03. The largest absolute Gasteiger partial charge is 0.385 e. The van der Waals surface area contributed by atoms with Crippen LogP contribution in [0.5, 0.6) is 0 Å². The summed E-state index contributed by atoms with van der Waals surface area (Å²) in [4.78, 5) is 9.16. The summed E-state index contributed by atoms with van der Waals surface area (Å²) in [6, 6.07) is 3.91. The number of nitrogens with zero attached hydrogens (tertiary/aromatic N) is 3. The van der Waals surface area contributed by atoms with Crippen LogP contribution in [0, 0.1) is 0 Å². The second-order valence-electron chi connectivity index (χ2n) is 4.62. The zero-order valence-electron chi connectivity index (χ0n) is 11.0. The third-order valence-electron chi connectivity index (χ3n) is 3.29. The Morgan fingerprint density at radius 3 is 2.67 bits per heavy atom. The van der Waals surface area contributed by atoms with Gasteiger partial charge in [-0.1, -0.05) is 11.5 Å². The molecule has 96 valence electrons. The van der Waals surface area contributed by atoms with Crippen LogP contribution < -0.4 is 10.4 Å². The van der Waals surface area contributed by atoms with Crippen molar-refractivity contribution < 1.29 is 4.74 Å². The molecular weight excluding hydrogens is 225 g/mol. The van der Waals surface area contributed by atoms with Gasteiger partial charge in [0, 0.05) is 52.6 Å². The van der Waals surface area contributed by atoms with Crippen LogP contribution in [-0.4, -0.2) is 64.2 Å². The van der Waals surface area contributed by atoms with Gasteiger partial charge in [-0.25, -0.2) is 4.98 Å². The van der Waals surface area contributed by atoms with Crippen LogP contribution in [0.2, 0.25) is 0 Å². The average Bonchev–Trinajstić information content (AvgIpc) is 2.41. The predicted octanol–water partition coefficient (Wildman–Crippen LogP) is 0.0339. The highest BCUT2D eigenvalue weighted by Crippen LogP contribution is 2.11. The van der Waals surface area contributed by atoms with E-state index in [1.54, 1.807) is 13.3 Å². The van der Waals surface area contributed by atoms with Crippen LogP contribution in [0.25, 0.3) is 0 Å². The molecule has 0 spiro atoms. The first-order valence-corrected chi connectivity index (χ1v) is 6.47. The molecule has 2 radical (unpaired) electrons. The van der Waals surface area contributed by atoms with E-state index >= 15 is 0 Å². The fourth-order valence-electron chi connectivity index (χ4n) is 2.22. The van der Waals surface area contributed by atoms with Gasteiger partial charge in [0.25, 0.3) is 0 Å². The zero-order valence-corrected chi connectivity index (χ0v) is 11.0. The highest BCUT2D eigenvalue weighted by Gasteiger charge is 2.17. The Balaban J connectivity index is 1.77. The second kappa shape index (κ2) is 6.76. The number of hydrogen-bond donors (Lipinski definition) is 0. The summed E-state index contributed by atoms with van der Waals surface area (Å²) in [5.41, 5.74) is 0.719. The molecule has 0 saturated carbocycles. The van der Waals surface area contributed by atoms with Crippen molar-refractivity contribution in [3.05, 3.63) is 18.3 Å². The summed E-state index contributed by atoms with van der Waals surface area (Å²) < 4.78 is 5.08. The predicted molar refractivity (Wildman–Crippen MR) is 74.8 cm³/mol. The molecule has 0 bridgehead atoms. The molecule has 0 atom stereocenters. The molecule has 0 N–H and O–H groups in total. The van der Waals surface area contributed by atoms with Gasteiger partial charge >= 0.3 is 0 Å². The summed E-state index contributed by atoms with van der Waals surface area (Å²) in [7, 11) is 7.40. The van der Waals surface area contributed by atoms with Gasteiger partial charge in [-0.05, 0) is 12.5 Å². The number of rotatable bonds is 5. The minimum absolute atomic E-state index is 0.719. The molecule has 2 rings (SSSR count). The lowest BCUT2D eigenvalue weighted by Gasteiger charge is -2.35. The zero-order chi connectivity index (χ0) is 12.8. The van der Waals surface area contributed by atoms with Gasteiger partial charge in [-0.15, -0.1) is 0 Å². The van der Waals surface area contributed by atoms with Crippen LogP contribution in [0.3, 0.4) is 0 Å². The number of aromatic nitrogens is 1. The molecule has 1 aliphatic rings. The minimum atomic E-state index is 0.719. The Morgan fingerprint density at radius 2 is 2.06 bits per heavy atom. The van der Waals surface area contributed by atoms with E-state index in [0.29, 0.717) is 0 Å². The van der Waals surface area contributed by atoms with Crippen molar-refractivity contribution in [1.29, 1.82) is 0 Å². The van der Waals surface area contributed by atoms with Gasteiger partial charge in [0.05, 0.1) is 0 Å². The maximum Gasteiger partial charge on any atom is 0.128 e. The Hall–Kier alpha value is -1.07. The molecule has 5 heteroatoms. The molecule has 1 aromatic heterocycles. The van der Waals surface area contributed by atoms with Crippen LogP contribution >= 0.6 is 0 Å². The van der Waals surface area contributed by atoms with Gasteiger partial charge in [0.15, 0.2) is 0 Å². The number of hydrogen-bond acceptors (Lipinski definition) is 4. The molecule has 0 amide bonds. The van der Waals surface area contributed by atoms with Crippen LogP contribution in [0.15, 0.2) is 18.3 Å². The Morgan fingerprint density at radius 1 is 1.28 bits per heavy atom. The van der Waals surface area contributed by atoms with Gasteiger partial charge in [0.1, 0.15) is 13.7 Å². The van der Waals surface area contributed by atoms with E-state index in [-0.39, 0.29) is 0 Å². The molecule has 0 unspecified atom stereocenters. The molecule has 1 fully saturated rings. The summed E-state index contributed by atoms with van der Waals surface area (Å²) in [6.45, 7) is 6.22. The third kappa shape index (κ3) is 3.72. The fraction of sp³-hybridized carbons (Fsp3) is 0.615. The maximum atomic E-state index is 5.65. The molecule has 1 saturated heterocycles. The quantitative estimate of drug-likeness (QED) is 0.540. The Labute approximate surface area is 110 Å². The van der Waals surface area contributed by atoms with Crippen LogP contribution in [0.1, 0.15) is 6.42 Å². The number of ether oxygens (including phenoxy) is 1. The molecule has 18 heavy (non-hydrogen) atoms. The van der Waals surface area contributed by atoms with Crippen LogP contribution in [0.4, 0.5) is 5.82 Å². The maximum absolute atomic E-state index is 5.65. The first-order chi connectivity index (χ1) is 8.79. The number of anilines is 1. The van der Waals surface area contributed by atoms with Crippen molar-refractivity contribution in [3.63, 3.8) is 0 Å². The fourth-order valence-corrected chi connectivity index (χ4v) is 2.22. The minimum Gasteiger partial charge on any atom is -0.385 e. The lowest BCUT2D eigenvalue weighted by molar-refractivity contribution is 0.169. The summed E-state index contributed by atoms with van der Waals surface area (Å²) in [6.07, 6.45) is 2.83. The Kier molecular flexibility index (Phi) is 5.02. The third-order valence-corrected chi connectivity index (χ3v) is 3.29. The smallest absolute Gasteiger partial charge is 0.128 e. The van der Waals surface area contributed by atoms with Gasteiger partial charge in [0.2, 0.25) is 0 Å². The first kappa shape index (κ1) is 13.4. The van der Waals surface area contributed by atoms with Crippen LogP contribution in [-0.2, 0) is 4.74 Å². The van der Waals surface area contributed by atoms with E-state index in [1.165, 1.54) is 0 Å². The van der Waals surface area contributed by atoms with E-state index in [9.17, 15) is 0 Å². The van der Waals surface area contributed by atoms with Crippen molar-refractivity contribution >= 4 is 19.1 Å². The van der Waals surface area contributed by atoms with E-state index in [1.807, 2.05) is 12.1 Å². The van der Waals surface area contributed by atoms with Gasteiger partial charge < -0.3 is 9.64 Å². The standard InChI is InChI=1S/C13H20BN3O/c1-18-10-2-5-16-6-8-17(9-7-16)13-4-3-12(14)11-15-13/h3-4,11H,2,5-10H2,1H3. The molecule has 1 aromatic rings. The molecule has 4 nitrogen and oxygen atoms in total. The first-order valence-electron chi connectivity index (χ1n) is 6.47. The topological polar surface area (TPSA) is 28.6 Å². The molecular formula is C13H20BN3O. The summed E-state index contributed by atoms with van der Waals surface area (Å²) >= 11 is 0. The number of methoxy groups -OCH3 is 1. The Bertz CT molecular complexity index is 350. The lowest BCUT2D eigenvalue weighted by Crippen LogP contribution is -2.47. The van der Waals surface area contributed by atoms with Crippen molar-refractivity contribution in [1.82, 2.24) is 9.88 Å². The van der Waals surface area contributed by atoms with Crippen molar-refractivity contribution in [3.8, 4) is 0 Å². The highest BCUT2D eigenvalue weighted by molar-refractivity contribution is 6.32. The SMILES string of the molecule is [B]c1ccc(N2CCN(CCCOC)CC2)nc1. The number of piperazine rings is 1. The normalized spacial score (nSPS) is 17.1. The molecule has 0 aliphatic carbocycles. The molecule has 1 aliphatic heterocycles. The van der Waals surface area contributed by atoms with Gasteiger partial charge in [-0.2, -0.15) is 0 Å². The molecule has 2 heterocycles.